The zero-order valence-corrected chi connectivity index (χ0v) is 22.9. The van der Waals surface area contributed by atoms with Crippen LogP contribution in [0.15, 0.2) is 91.0 Å². The van der Waals surface area contributed by atoms with Crippen molar-refractivity contribution < 1.29 is 33.3 Å². The second kappa shape index (κ2) is 17.0. The van der Waals surface area contributed by atoms with Crippen LogP contribution in [0, 0.1) is 11.6 Å². The lowest BCUT2D eigenvalue weighted by molar-refractivity contribution is -0.134. The number of carboxylic acid groups (broad SMARTS) is 2. The molecule has 4 rings (SSSR count). The standard InChI is InChI=1S/C28H32F2N2O.C4H4O4/c29-26-12-8-24(9-13-26)28(25-10-14-27(30)15-11-25)33-22-21-32-19-17-31(18-20-32)16-4-7-23-5-2-1-3-6-23;5-3(6)1-2-4(7)8/h1-3,5-6,8-15,28H,4,7,16-22H2;1-2H,(H,5,6)(H,7,8). The molecular weight excluding hydrogens is 530 g/mol. The Morgan fingerprint density at radius 3 is 1.66 bits per heavy atom. The number of benzene rings is 3. The maximum Gasteiger partial charge on any atom is 0.328 e. The van der Waals surface area contributed by atoms with Crippen LogP contribution in [0.1, 0.15) is 29.2 Å². The Kier molecular flexibility index (Phi) is 13.1. The minimum Gasteiger partial charge on any atom is -0.478 e. The highest BCUT2D eigenvalue weighted by Gasteiger charge is 2.19. The Morgan fingerprint density at radius 1 is 0.732 bits per heavy atom. The highest BCUT2D eigenvalue weighted by atomic mass is 19.1. The number of aliphatic carboxylic acids is 2. The largest absolute Gasteiger partial charge is 0.478 e. The number of aryl methyl sites for hydroxylation is 1. The lowest BCUT2D eigenvalue weighted by Gasteiger charge is -2.35. The van der Waals surface area contributed by atoms with E-state index in [2.05, 4.69) is 40.1 Å². The van der Waals surface area contributed by atoms with Crippen LogP contribution in [0.4, 0.5) is 8.78 Å². The second-order valence-corrected chi connectivity index (χ2v) is 9.64. The molecule has 1 heterocycles. The number of hydrogen-bond acceptors (Lipinski definition) is 5. The van der Waals surface area contributed by atoms with Crippen LogP contribution in [0.5, 0.6) is 0 Å². The van der Waals surface area contributed by atoms with E-state index in [9.17, 15) is 18.4 Å². The fourth-order valence-electron chi connectivity index (χ4n) is 4.49. The average Bonchev–Trinajstić information content (AvgIpc) is 2.97. The summed E-state index contributed by atoms with van der Waals surface area (Å²) in [6.07, 6.45) is 3.09. The first-order chi connectivity index (χ1) is 19.8. The van der Waals surface area contributed by atoms with Gasteiger partial charge >= 0.3 is 11.9 Å². The minimum absolute atomic E-state index is 0.279. The molecular formula is C32H36F2N2O5. The van der Waals surface area contributed by atoms with Crippen molar-refractivity contribution in [1.82, 2.24) is 9.80 Å². The summed E-state index contributed by atoms with van der Waals surface area (Å²) in [6.45, 7) is 6.77. The minimum atomic E-state index is -1.26. The maximum atomic E-state index is 13.4. The molecule has 0 radical (unpaired) electrons. The first-order valence-electron chi connectivity index (χ1n) is 13.6. The van der Waals surface area contributed by atoms with E-state index in [0.29, 0.717) is 18.8 Å². The Balaban J connectivity index is 0.000000507. The number of rotatable bonds is 12. The summed E-state index contributed by atoms with van der Waals surface area (Å²) in [5.74, 6) is -3.07. The fourth-order valence-corrected chi connectivity index (χ4v) is 4.49. The first kappa shape index (κ1) is 31.6. The first-order valence-corrected chi connectivity index (χ1v) is 13.6. The number of hydrogen-bond donors (Lipinski definition) is 2. The van der Waals surface area contributed by atoms with Gasteiger partial charge in [-0.2, -0.15) is 0 Å². The summed E-state index contributed by atoms with van der Waals surface area (Å²) in [5, 5.41) is 15.6. The van der Waals surface area contributed by atoms with E-state index in [1.165, 1.54) is 36.2 Å². The van der Waals surface area contributed by atoms with E-state index in [-0.39, 0.29) is 17.7 Å². The van der Waals surface area contributed by atoms with Crippen LogP contribution in [-0.2, 0) is 20.7 Å². The molecule has 0 atom stereocenters. The lowest BCUT2D eigenvalue weighted by Crippen LogP contribution is -2.47. The van der Waals surface area contributed by atoms with Crippen molar-refractivity contribution in [3.8, 4) is 0 Å². The van der Waals surface area contributed by atoms with Crippen molar-refractivity contribution in [2.24, 2.45) is 0 Å². The summed E-state index contributed by atoms with van der Waals surface area (Å²) in [5.41, 5.74) is 3.14. The molecule has 0 spiro atoms. The Bertz CT molecular complexity index is 1170. The van der Waals surface area contributed by atoms with Gasteiger partial charge in [-0.15, -0.1) is 0 Å². The Labute approximate surface area is 239 Å². The van der Waals surface area contributed by atoms with Gasteiger partial charge in [-0.25, -0.2) is 18.4 Å². The lowest BCUT2D eigenvalue weighted by atomic mass is 10.0. The van der Waals surface area contributed by atoms with Gasteiger partial charge in [0.15, 0.2) is 0 Å². The molecule has 0 saturated carbocycles. The molecule has 1 aliphatic heterocycles. The molecule has 1 saturated heterocycles. The van der Waals surface area contributed by atoms with Gasteiger partial charge in [-0.3, -0.25) is 4.90 Å². The van der Waals surface area contributed by atoms with Crippen LogP contribution in [-0.4, -0.2) is 77.8 Å². The van der Waals surface area contributed by atoms with Crippen molar-refractivity contribution in [1.29, 1.82) is 0 Å². The van der Waals surface area contributed by atoms with Gasteiger partial charge in [0, 0.05) is 44.9 Å². The summed E-state index contributed by atoms with van der Waals surface area (Å²) in [7, 11) is 0. The van der Waals surface area contributed by atoms with Crippen LogP contribution >= 0.6 is 0 Å². The van der Waals surface area contributed by atoms with E-state index >= 15 is 0 Å². The van der Waals surface area contributed by atoms with Crippen molar-refractivity contribution in [3.05, 3.63) is 119 Å². The average molecular weight is 567 g/mol. The molecule has 218 valence electrons. The zero-order valence-electron chi connectivity index (χ0n) is 22.9. The van der Waals surface area contributed by atoms with Crippen molar-refractivity contribution >= 4 is 11.9 Å². The molecule has 9 heteroatoms. The number of carbonyl (C=O) groups is 2. The SMILES string of the molecule is Fc1ccc(C(OCCN2CCN(CCCc3ccccc3)CC2)c2ccc(F)cc2)cc1.O=C(O)C=CC(=O)O. The molecule has 1 fully saturated rings. The van der Waals surface area contributed by atoms with Crippen LogP contribution in [0.25, 0.3) is 0 Å². The van der Waals surface area contributed by atoms with E-state index < -0.39 is 11.9 Å². The predicted octanol–water partition coefficient (Wildman–Crippen LogP) is 5.03. The zero-order chi connectivity index (χ0) is 29.5. The molecule has 0 aromatic heterocycles. The summed E-state index contributed by atoms with van der Waals surface area (Å²) < 4.78 is 33.0. The molecule has 0 unspecified atom stereocenters. The third-order valence-electron chi connectivity index (χ3n) is 6.65. The fraction of sp³-hybridized carbons (Fsp3) is 0.312. The van der Waals surface area contributed by atoms with Gasteiger partial charge < -0.3 is 19.8 Å². The van der Waals surface area contributed by atoms with Crippen molar-refractivity contribution in [2.45, 2.75) is 18.9 Å². The molecule has 0 amide bonds. The second-order valence-electron chi connectivity index (χ2n) is 9.64. The molecule has 3 aromatic rings. The molecule has 41 heavy (non-hydrogen) atoms. The maximum absolute atomic E-state index is 13.4. The van der Waals surface area contributed by atoms with Gasteiger partial charge in [-0.05, 0) is 60.3 Å². The monoisotopic (exact) mass is 566 g/mol. The highest BCUT2D eigenvalue weighted by molar-refractivity contribution is 5.89. The molecule has 1 aliphatic rings. The smallest absolute Gasteiger partial charge is 0.328 e. The number of halogens is 2. The molecule has 7 nitrogen and oxygen atoms in total. The third kappa shape index (κ3) is 12.0. The van der Waals surface area contributed by atoms with E-state index in [1.807, 2.05) is 0 Å². The molecule has 2 N–H and O–H groups in total. The van der Waals surface area contributed by atoms with Crippen LogP contribution in [0.2, 0.25) is 0 Å². The molecule has 0 aliphatic carbocycles. The van der Waals surface area contributed by atoms with E-state index in [1.54, 1.807) is 24.3 Å². The van der Waals surface area contributed by atoms with Gasteiger partial charge in [-0.1, -0.05) is 54.6 Å². The normalized spacial score (nSPS) is 14.1. The number of carboxylic acids is 2. The Hall–Kier alpha value is -3.92. The van der Waals surface area contributed by atoms with Gasteiger partial charge in [0.05, 0.1) is 6.61 Å². The molecule has 0 bridgehead atoms. The van der Waals surface area contributed by atoms with Crippen LogP contribution in [0.3, 0.4) is 0 Å². The van der Waals surface area contributed by atoms with Gasteiger partial charge in [0.25, 0.3) is 0 Å². The predicted molar refractivity (Wildman–Crippen MR) is 153 cm³/mol. The Morgan fingerprint density at radius 2 is 1.20 bits per heavy atom. The van der Waals surface area contributed by atoms with E-state index in [4.69, 9.17) is 14.9 Å². The summed E-state index contributed by atoms with van der Waals surface area (Å²) in [6, 6.07) is 23.3. The third-order valence-corrected chi connectivity index (χ3v) is 6.65. The number of ether oxygens (including phenoxy) is 1. The molecule has 3 aromatic carbocycles. The van der Waals surface area contributed by atoms with Gasteiger partial charge in [0.2, 0.25) is 0 Å². The van der Waals surface area contributed by atoms with Gasteiger partial charge in [0.1, 0.15) is 17.7 Å². The van der Waals surface area contributed by atoms with Crippen LogP contribution < -0.4 is 0 Å². The topological polar surface area (TPSA) is 90.3 Å². The van der Waals surface area contributed by atoms with Crippen molar-refractivity contribution in [2.75, 3.05) is 45.9 Å². The van der Waals surface area contributed by atoms with Crippen molar-refractivity contribution in [3.63, 3.8) is 0 Å². The number of nitrogens with zero attached hydrogens (tertiary/aromatic N) is 2. The number of piperazine rings is 1. The summed E-state index contributed by atoms with van der Waals surface area (Å²) >= 11 is 0. The quantitative estimate of drug-likeness (QED) is 0.297. The van der Waals surface area contributed by atoms with E-state index in [0.717, 1.165) is 56.8 Å². The highest BCUT2D eigenvalue weighted by Crippen LogP contribution is 2.26. The summed E-state index contributed by atoms with van der Waals surface area (Å²) in [4.78, 5) is 24.1.